The third kappa shape index (κ3) is 1.66. The maximum Gasteiger partial charge on any atom is 0.198 e. The minimum absolute atomic E-state index is 0.928. The molecule has 1 atom stereocenters. The molecular weight excluding hydrogens is 220 g/mol. The van der Waals surface area contributed by atoms with E-state index >= 15 is 0 Å². The molecule has 16 heavy (non-hydrogen) atoms. The van der Waals surface area contributed by atoms with Gasteiger partial charge in [-0.15, -0.1) is 5.10 Å². The standard InChI is InChI=1S/C11H8N4S/c1-3-10(15-6-5-12-8-15)4-2-9(1)11-7-16-14-13-11/h1-8H/p+1. The van der Waals surface area contributed by atoms with Gasteiger partial charge in [-0.25, -0.2) is 9.89 Å². The Bertz CT molecular complexity index is 516. The second-order valence-electron chi connectivity index (χ2n) is 3.42. The molecule has 2 heterocycles. The van der Waals surface area contributed by atoms with E-state index < -0.39 is 0 Å². The summed E-state index contributed by atoms with van der Waals surface area (Å²) in [5, 5.41) is 5.98. The normalized spacial score (nSPS) is 18.1. The maximum absolute atomic E-state index is 4.05. The third-order valence-corrected chi connectivity index (χ3v) is 2.93. The summed E-state index contributed by atoms with van der Waals surface area (Å²) in [6.45, 7) is 0. The van der Waals surface area contributed by atoms with Crippen molar-refractivity contribution >= 4 is 23.6 Å². The van der Waals surface area contributed by atoms with Crippen LogP contribution in [0.15, 0.2) is 47.0 Å². The molecule has 0 saturated carbocycles. The van der Waals surface area contributed by atoms with Crippen LogP contribution in [-0.4, -0.2) is 15.9 Å². The van der Waals surface area contributed by atoms with Gasteiger partial charge in [0.15, 0.2) is 6.34 Å². The quantitative estimate of drug-likeness (QED) is 0.841. The van der Waals surface area contributed by atoms with Crippen LogP contribution in [0.4, 0.5) is 5.69 Å². The van der Waals surface area contributed by atoms with E-state index in [0.717, 1.165) is 16.2 Å². The monoisotopic (exact) mass is 229 g/mol. The predicted molar refractivity (Wildman–Crippen MR) is 63.6 cm³/mol. The lowest BCUT2D eigenvalue weighted by Gasteiger charge is -2.04. The Hall–Kier alpha value is -1.85. The highest BCUT2D eigenvalue weighted by molar-refractivity contribution is 7.03. The molecule has 1 aromatic carbocycles. The zero-order valence-electron chi connectivity index (χ0n) is 8.37. The Morgan fingerprint density at radius 2 is 2.00 bits per heavy atom. The number of nitrogens with zero attached hydrogens (tertiary/aromatic N) is 3. The Morgan fingerprint density at radius 1 is 1.12 bits per heavy atom. The number of aromatic nitrogens is 2. The first-order valence-corrected chi connectivity index (χ1v) is 5.72. The smallest absolute Gasteiger partial charge is 0.198 e. The molecule has 1 unspecified atom stereocenters. The van der Waals surface area contributed by atoms with E-state index in [0.29, 0.717) is 0 Å². The fourth-order valence-corrected chi connectivity index (χ4v) is 2.05. The summed E-state index contributed by atoms with van der Waals surface area (Å²) in [5.41, 5.74) is 3.19. The largest absolute Gasteiger partial charge is 0.233 e. The highest BCUT2D eigenvalue weighted by Crippen LogP contribution is 2.18. The van der Waals surface area contributed by atoms with Crippen LogP contribution in [0.2, 0.25) is 0 Å². The van der Waals surface area contributed by atoms with Crippen molar-refractivity contribution < 1.29 is 4.90 Å². The van der Waals surface area contributed by atoms with E-state index in [1.165, 1.54) is 17.2 Å². The van der Waals surface area contributed by atoms with Gasteiger partial charge in [-0.3, -0.25) is 0 Å². The van der Waals surface area contributed by atoms with Crippen LogP contribution >= 0.6 is 11.5 Å². The highest BCUT2D eigenvalue weighted by atomic mass is 32.1. The average molecular weight is 229 g/mol. The molecule has 0 fully saturated rings. The first kappa shape index (κ1) is 9.38. The fraction of sp³-hybridized carbons (Fsp3) is 0. The molecule has 1 aliphatic rings. The van der Waals surface area contributed by atoms with Crippen LogP contribution in [0.1, 0.15) is 0 Å². The molecule has 0 spiro atoms. The summed E-state index contributed by atoms with van der Waals surface area (Å²) in [7, 11) is 0. The van der Waals surface area contributed by atoms with Gasteiger partial charge in [0.1, 0.15) is 17.6 Å². The first-order valence-electron chi connectivity index (χ1n) is 4.88. The number of hydrogen-bond donors (Lipinski definition) is 1. The molecular formula is C11H9N4S+. The molecule has 3 rings (SSSR count). The predicted octanol–water partition coefficient (Wildman–Crippen LogP) is 1.23. The van der Waals surface area contributed by atoms with E-state index in [2.05, 4.69) is 38.8 Å². The number of benzene rings is 1. The molecule has 0 aliphatic carbocycles. The summed E-state index contributed by atoms with van der Waals surface area (Å²) < 4.78 is 3.85. The molecule has 5 heteroatoms. The zero-order valence-corrected chi connectivity index (χ0v) is 9.19. The van der Waals surface area contributed by atoms with Crippen LogP contribution in [0.25, 0.3) is 11.3 Å². The second kappa shape index (κ2) is 3.96. The van der Waals surface area contributed by atoms with Gasteiger partial charge in [0, 0.05) is 23.1 Å². The zero-order chi connectivity index (χ0) is 10.8. The van der Waals surface area contributed by atoms with Crippen LogP contribution in [0.5, 0.6) is 0 Å². The number of nitrogens with one attached hydrogen (secondary N) is 1. The van der Waals surface area contributed by atoms with Crippen LogP contribution in [0.3, 0.4) is 0 Å². The van der Waals surface area contributed by atoms with Gasteiger partial charge < -0.3 is 0 Å². The molecule has 0 radical (unpaired) electrons. The van der Waals surface area contributed by atoms with Gasteiger partial charge in [0.2, 0.25) is 0 Å². The Morgan fingerprint density at radius 3 is 2.62 bits per heavy atom. The topological polar surface area (TPSA) is 42.6 Å². The summed E-state index contributed by atoms with van der Waals surface area (Å²) >= 11 is 1.37. The first-order chi connectivity index (χ1) is 7.93. The van der Waals surface area contributed by atoms with Crippen LogP contribution in [0, 0.1) is 0 Å². The van der Waals surface area contributed by atoms with Crippen LogP contribution < -0.4 is 4.90 Å². The van der Waals surface area contributed by atoms with Crippen molar-refractivity contribution in [2.45, 2.75) is 0 Å². The van der Waals surface area contributed by atoms with E-state index in [1.807, 2.05) is 17.9 Å². The van der Waals surface area contributed by atoms with Gasteiger partial charge >= 0.3 is 0 Å². The van der Waals surface area contributed by atoms with Crippen molar-refractivity contribution in [3.05, 3.63) is 42.0 Å². The summed E-state index contributed by atoms with van der Waals surface area (Å²) in [6, 6.07) is 8.26. The van der Waals surface area contributed by atoms with Crippen molar-refractivity contribution in [1.82, 2.24) is 9.59 Å². The lowest BCUT2D eigenvalue weighted by molar-refractivity contribution is -0.654. The maximum atomic E-state index is 4.05. The van der Waals surface area contributed by atoms with Gasteiger partial charge in [-0.05, 0) is 23.7 Å². The van der Waals surface area contributed by atoms with E-state index in [4.69, 9.17) is 0 Å². The molecule has 1 aromatic heterocycles. The molecule has 1 N–H and O–H groups in total. The number of aliphatic imine (C=N–C) groups is 1. The lowest BCUT2D eigenvalue weighted by atomic mass is 10.1. The molecule has 0 amide bonds. The summed E-state index contributed by atoms with van der Waals surface area (Å²) in [6.07, 6.45) is 5.66. The second-order valence-corrected chi connectivity index (χ2v) is 4.03. The molecule has 2 aromatic rings. The van der Waals surface area contributed by atoms with E-state index in [-0.39, 0.29) is 0 Å². The van der Waals surface area contributed by atoms with E-state index in [1.54, 1.807) is 6.20 Å². The fourth-order valence-electron chi connectivity index (χ4n) is 1.58. The minimum atomic E-state index is 0.928. The van der Waals surface area contributed by atoms with E-state index in [9.17, 15) is 0 Å². The molecule has 1 aliphatic heterocycles. The van der Waals surface area contributed by atoms with Crippen molar-refractivity contribution in [3.63, 3.8) is 0 Å². The number of rotatable bonds is 2. The van der Waals surface area contributed by atoms with Gasteiger partial charge in [0.05, 0.1) is 6.20 Å². The van der Waals surface area contributed by atoms with Gasteiger partial charge in [0.25, 0.3) is 0 Å². The Kier molecular flexibility index (Phi) is 2.32. The molecule has 78 valence electrons. The summed E-state index contributed by atoms with van der Waals surface area (Å²) in [5.74, 6) is 0. The lowest BCUT2D eigenvalue weighted by Crippen LogP contribution is -3.00. The van der Waals surface area contributed by atoms with Crippen molar-refractivity contribution in [2.24, 2.45) is 4.99 Å². The third-order valence-electron chi connectivity index (χ3n) is 2.43. The SMILES string of the molecule is C1=C[NH+](c2ccc(-c3csnn3)cc2)C=N1. The van der Waals surface area contributed by atoms with Crippen molar-refractivity contribution in [1.29, 1.82) is 0 Å². The Balaban J connectivity index is 1.90. The van der Waals surface area contributed by atoms with Gasteiger partial charge in [-0.1, -0.05) is 4.49 Å². The van der Waals surface area contributed by atoms with Crippen molar-refractivity contribution in [2.75, 3.05) is 0 Å². The number of quaternary nitrogens is 1. The van der Waals surface area contributed by atoms with Crippen LogP contribution in [-0.2, 0) is 0 Å². The van der Waals surface area contributed by atoms with Crippen molar-refractivity contribution in [3.8, 4) is 11.3 Å². The average Bonchev–Trinajstić information content (AvgIpc) is 3.03. The molecule has 0 saturated heterocycles. The Labute approximate surface area is 96.7 Å². The highest BCUT2D eigenvalue weighted by Gasteiger charge is 2.10. The molecule has 0 bridgehead atoms. The number of hydrogen-bond acceptors (Lipinski definition) is 4. The minimum Gasteiger partial charge on any atom is -0.233 e. The van der Waals surface area contributed by atoms with Gasteiger partial charge in [-0.2, -0.15) is 0 Å². The summed E-state index contributed by atoms with van der Waals surface area (Å²) in [4.78, 5) is 5.19. The molecule has 4 nitrogen and oxygen atoms in total.